The minimum atomic E-state index is 0. The van der Waals surface area contributed by atoms with Gasteiger partial charge in [-0.2, -0.15) is 11.3 Å². The summed E-state index contributed by atoms with van der Waals surface area (Å²) < 4.78 is 11.4. The zero-order chi connectivity index (χ0) is 15.9. The molecule has 1 aliphatic rings. The van der Waals surface area contributed by atoms with Crippen LogP contribution >= 0.6 is 35.3 Å². The molecule has 0 unspecified atom stereocenters. The molecular weight excluding hydrogens is 437 g/mol. The van der Waals surface area contributed by atoms with Gasteiger partial charge in [-0.3, -0.25) is 0 Å². The Labute approximate surface area is 163 Å². The van der Waals surface area contributed by atoms with Crippen LogP contribution in [0.2, 0.25) is 0 Å². The Morgan fingerprint density at radius 3 is 2.79 bits per heavy atom. The standard InChI is InChI=1S/C17H21N3O2S.HI/c1-2-18-17(19-11-13-6-9-23-12-13)20-14-4-5-15-16(10-14)22-8-3-7-21-15;/h4-6,9-10,12H,2-3,7-8,11H2,1H3,(H2,18,19,20);1H. The highest BCUT2D eigenvalue weighted by atomic mass is 127. The van der Waals surface area contributed by atoms with Gasteiger partial charge in [-0.05, 0) is 41.4 Å². The minimum Gasteiger partial charge on any atom is -0.490 e. The van der Waals surface area contributed by atoms with Crippen molar-refractivity contribution >= 4 is 47.0 Å². The van der Waals surface area contributed by atoms with E-state index in [1.165, 1.54) is 5.56 Å². The number of ether oxygens (including phenoxy) is 2. The van der Waals surface area contributed by atoms with Crippen molar-refractivity contribution in [3.63, 3.8) is 0 Å². The Bertz CT molecular complexity index is 662. The summed E-state index contributed by atoms with van der Waals surface area (Å²) in [6.07, 6.45) is 0.905. The number of fused-ring (bicyclic) bond motifs is 1. The van der Waals surface area contributed by atoms with Gasteiger partial charge in [0.05, 0.1) is 19.8 Å². The molecule has 1 aromatic carbocycles. The first-order valence-corrected chi connectivity index (χ1v) is 8.75. The fraction of sp³-hybridized carbons (Fsp3) is 0.353. The number of halogens is 1. The van der Waals surface area contributed by atoms with Crippen molar-refractivity contribution in [2.24, 2.45) is 4.99 Å². The lowest BCUT2D eigenvalue weighted by Crippen LogP contribution is -2.30. The van der Waals surface area contributed by atoms with Crippen LogP contribution in [-0.4, -0.2) is 25.7 Å². The second-order valence-corrected chi connectivity index (χ2v) is 5.94. The second-order valence-electron chi connectivity index (χ2n) is 5.16. The summed E-state index contributed by atoms with van der Waals surface area (Å²) in [6, 6.07) is 7.96. The highest BCUT2D eigenvalue weighted by Gasteiger charge is 2.11. The van der Waals surface area contributed by atoms with Crippen molar-refractivity contribution in [3.05, 3.63) is 40.6 Å². The van der Waals surface area contributed by atoms with Gasteiger partial charge in [0.2, 0.25) is 0 Å². The quantitative estimate of drug-likeness (QED) is 0.411. The topological polar surface area (TPSA) is 54.9 Å². The van der Waals surface area contributed by atoms with E-state index in [2.05, 4.69) is 39.4 Å². The molecule has 0 bridgehead atoms. The molecule has 0 fully saturated rings. The molecule has 0 saturated carbocycles. The van der Waals surface area contributed by atoms with Crippen LogP contribution < -0.4 is 20.1 Å². The molecule has 2 N–H and O–H groups in total. The van der Waals surface area contributed by atoms with Crippen LogP contribution in [0.1, 0.15) is 18.9 Å². The number of thiophene rings is 1. The summed E-state index contributed by atoms with van der Waals surface area (Å²) >= 11 is 1.69. The Balaban J connectivity index is 0.00000208. The molecule has 2 aromatic rings. The summed E-state index contributed by atoms with van der Waals surface area (Å²) in [4.78, 5) is 4.61. The number of anilines is 1. The van der Waals surface area contributed by atoms with Crippen molar-refractivity contribution in [2.75, 3.05) is 25.1 Å². The smallest absolute Gasteiger partial charge is 0.196 e. The Morgan fingerprint density at radius 1 is 1.21 bits per heavy atom. The van der Waals surface area contributed by atoms with Gasteiger partial charge >= 0.3 is 0 Å². The van der Waals surface area contributed by atoms with Gasteiger partial charge in [0.15, 0.2) is 17.5 Å². The lowest BCUT2D eigenvalue weighted by Gasteiger charge is -2.13. The van der Waals surface area contributed by atoms with Gasteiger partial charge in [0, 0.05) is 24.7 Å². The van der Waals surface area contributed by atoms with E-state index < -0.39 is 0 Å². The molecule has 3 rings (SSSR count). The molecule has 0 atom stereocenters. The minimum absolute atomic E-state index is 0. The number of hydrogen-bond acceptors (Lipinski definition) is 4. The lowest BCUT2D eigenvalue weighted by molar-refractivity contribution is 0.297. The molecule has 1 aliphatic heterocycles. The van der Waals surface area contributed by atoms with E-state index in [1.807, 2.05) is 18.2 Å². The van der Waals surface area contributed by atoms with E-state index in [9.17, 15) is 0 Å². The van der Waals surface area contributed by atoms with Crippen molar-refractivity contribution in [1.82, 2.24) is 5.32 Å². The summed E-state index contributed by atoms with van der Waals surface area (Å²) in [5.41, 5.74) is 2.14. The van der Waals surface area contributed by atoms with Crippen LogP contribution in [0.5, 0.6) is 11.5 Å². The normalized spacial score (nSPS) is 13.6. The summed E-state index contributed by atoms with van der Waals surface area (Å²) in [5.74, 6) is 2.34. The second kappa shape index (κ2) is 9.73. The van der Waals surface area contributed by atoms with Gasteiger partial charge in [-0.15, -0.1) is 24.0 Å². The Hall–Kier alpha value is -1.48. The van der Waals surface area contributed by atoms with Gasteiger partial charge < -0.3 is 20.1 Å². The first kappa shape index (κ1) is 18.9. The molecular formula is C17H22IN3O2S. The molecule has 24 heavy (non-hydrogen) atoms. The molecule has 130 valence electrons. The molecule has 0 saturated heterocycles. The Kier molecular flexibility index (Phi) is 7.64. The summed E-state index contributed by atoms with van der Waals surface area (Å²) in [5, 5.41) is 10.8. The molecule has 0 spiro atoms. The average Bonchev–Trinajstić information content (AvgIpc) is 2.97. The third kappa shape index (κ3) is 5.27. The van der Waals surface area contributed by atoms with Crippen LogP contribution in [0.15, 0.2) is 40.0 Å². The largest absolute Gasteiger partial charge is 0.490 e. The zero-order valence-corrected chi connectivity index (χ0v) is 16.7. The number of rotatable bonds is 4. The van der Waals surface area contributed by atoms with Crippen LogP contribution in [0.4, 0.5) is 5.69 Å². The predicted octanol–water partition coefficient (Wildman–Crippen LogP) is 4.11. The number of guanidine groups is 1. The maximum absolute atomic E-state index is 5.73. The predicted molar refractivity (Wildman–Crippen MR) is 110 cm³/mol. The summed E-state index contributed by atoms with van der Waals surface area (Å²) in [7, 11) is 0. The van der Waals surface area contributed by atoms with E-state index in [-0.39, 0.29) is 24.0 Å². The lowest BCUT2D eigenvalue weighted by atomic mass is 10.2. The monoisotopic (exact) mass is 459 g/mol. The molecule has 0 amide bonds. The number of benzene rings is 1. The van der Waals surface area contributed by atoms with Crippen LogP contribution in [0.3, 0.4) is 0 Å². The third-order valence-electron chi connectivity index (χ3n) is 3.35. The molecule has 2 heterocycles. The van der Waals surface area contributed by atoms with Crippen molar-refractivity contribution in [1.29, 1.82) is 0 Å². The van der Waals surface area contributed by atoms with Crippen LogP contribution in [0, 0.1) is 0 Å². The van der Waals surface area contributed by atoms with Crippen molar-refractivity contribution in [3.8, 4) is 11.5 Å². The SMILES string of the molecule is CCNC(=NCc1ccsc1)Nc1ccc2c(c1)OCCCO2.I. The number of nitrogens with one attached hydrogen (secondary N) is 2. The van der Waals surface area contributed by atoms with E-state index in [1.54, 1.807) is 11.3 Å². The maximum Gasteiger partial charge on any atom is 0.196 e. The third-order valence-corrected chi connectivity index (χ3v) is 4.09. The fourth-order valence-electron chi connectivity index (χ4n) is 2.24. The van der Waals surface area contributed by atoms with E-state index >= 15 is 0 Å². The van der Waals surface area contributed by atoms with E-state index in [0.717, 1.165) is 36.1 Å². The van der Waals surface area contributed by atoms with Crippen molar-refractivity contribution in [2.45, 2.75) is 19.9 Å². The average molecular weight is 459 g/mol. The van der Waals surface area contributed by atoms with E-state index in [4.69, 9.17) is 9.47 Å². The van der Waals surface area contributed by atoms with Gasteiger partial charge in [-0.25, -0.2) is 4.99 Å². The highest BCUT2D eigenvalue weighted by molar-refractivity contribution is 14.0. The van der Waals surface area contributed by atoms with Crippen LogP contribution in [-0.2, 0) is 6.54 Å². The van der Waals surface area contributed by atoms with Crippen LogP contribution in [0.25, 0.3) is 0 Å². The number of nitrogens with zero attached hydrogens (tertiary/aromatic N) is 1. The van der Waals surface area contributed by atoms with Gasteiger partial charge in [0.1, 0.15) is 0 Å². The van der Waals surface area contributed by atoms with Gasteiger partial charge in [0.25, 0.3) is 0 Å². The summed E-state index contributed by atoms with van der Waals surface area (Å²) in [6.45, 7) is 4.90. The highest BCUT2D eigenvalue weighted by Crippen LogP contribution is 2.32. The fourth-order valence-corrected chi connectivity index (χ4v) is 2.90. The molecule has 5 nitrogen and oxygen atoms in total. The zero-order valence-electron chi connectivity index (χ0n) is 13.6. The molecule has 7 heteroatoms. The number of hydrogen-bond donors (Lipinski definition) is 2. The molecule has 1 aromatic heterocycles. The Morgan fingerprint density at radius 2 is 2.04 bits per heavy atom. The van der Waals surface area contributed by atoms with Crippen molar-refractivity contribution < 1.29 is 9.47 Å². The molecule has 0 aliphatic carbocycles. The molecule has 0 radical (unpaired) electrons. The maximum atomic E-state index is 5.73. The first-order valence-electron chi connectivity index (χ1n) is 7.81. The number of aliphatic imine (C=N–C) groups is 1. The van der Waals surface area contributed by atoms with E-state index in [0.29, 0.717) is 19.8 Å². The van der Waals surface area contributed by atoms with Gasteiger partial charge in [-0.1, -0.05) is 0 Å². The first-order chi connectivity index (χ1) is 11.3.